The fourth-order valence-electron chi connectivity index (χ4n) is 8.13. The number of hydrogen-bond acceptors (Lipinski definition) is 3. The number of aromatic nitrogens is 4. The Bertz CT molecular complexity index is 3030. The van der Waals surface area contributed by atoms with Crippen molar-refractivity contribution in [1.29, 1.82) is 0 Å². The van der Waals surface area contributed by atoms with E-state index in [1.54, 1.807) is 0 Å². The van der Waals surface area contributed by atoms with Crippen LogP contribution in [0.1, 0.15) is 0 Å². The number of nitrogens with zero attached hydrogens (tertiary/aromatic N) is 4. The summed E-state index contributed by atoms with van der Waals surface area (Å²) in [7, 11) is 0. The Labute approximate surface area is 294 Å². The molecule has 4 nitrogen and oxygen atoms in total. The maximum atomic E-state index is 5.31. The summed E-state index contributed by atoms with van der Waals surface area (Å²) in [5.74, 6) is 1.92. The maximum absolute atomic E-state index is 5.31. The van der Waals surface area contributed by atoms with E-state index in [1.165, 1.54) is 60.1 Å². The van der Waals surface area contributed by atoms with Crippen molar-refractivity contribution >= 4 is 43.4 Å². The van der Waals surface area contributed by atoms with Crippen LogP contribution in [0.15, 0.2) is 170 Å². The molecule has 236 valence electrons. The second-order valence-electron chi connectivity index (χ2n) is 13.2. The molecular formula is C47H28N4. The largest absolute Gasteiger partial charge is 0.308 e. The topological polar surface area (TPSA) is 43.6 Å². The summed E-state index contributed by atoms with van der Waals surface area (Å²) in [6, 6.07) is 60.2. The van der Waals surface area contributed by atoms with E-state index >= 15 is 0 Å². The van der Waals surface area contributed by atoms with E-state index in [4.69, 9.17) is 15.0 Å². The lowest BCUT2D eigenvalue weighted by molar-refractivity contribution is 1.07. The Hall–Kier alpha value is -6.91. The smallest absolute Gasteiger partial charge is 0.166 e. The number of para-hydroxylation sites is 2. The van der Waals surface area contributed by atoms with Gasteiger partial charge in [-0.05, 0) is 68.7 Å². The molecule has 0 amide bonds. The van der Waals surface area contributed by atoms with Crippen LogP contribution in [0.2, 0.25) is 0 Å². The van der Waals surface area contributed by atoms with Crippen LogP contribution in [-0.2, 0) is 0 Å². The summed E-state index contributed by atoms with van der Waals surface area (Å²) in [6.07, 6.45) is 0. The highest BCUT2D eigenvalue weighted by molar-refractivity contribution is 6.19. The van der Waals surface area contributed by atoms with Gasteiger partial charge in [-0.25, -0.2) is 15.0 Å². The van der Waals surface area contributed by atoms with Crippen LogP contribution in [0.25, 0.3) is 105 Å². The van der Waals surface area contributed by atoms with Crippen molar-refractivity contribution in [2.75, 3.05) is 0 Å². The van der Waals surface area contributed by atoms with Crippen LogP contribution >= 0.6 is 0 Å². The summed E-state index contributed by atoms with van der Waals surface area (Å²) in [5, 5.41) is 7.30. The monoisotopic (exact) mass is 648 g/mol. The molecule has 8 aromatic carbocycles. The number of hydrogen-bond donors (Lipinski definition) is 0. The summed E-state index contributed by atoms with van der Waals surface area (Å²) in [6.45, 7) is 0. The molecule has 0 bridgehead atoms. The van der Waals surface area contributed by atoms with Crippen LogP contribution in [0.4, 0.5) is 0 Å². The molecule has 0 atom stereocenters. The molecule has 0 unspecified atom stereocenters. The van der Waals surface area contributed by atoms with E-state index in [1.807, 2.05) is 18.2 Å². The molecule has 1 aliphatic carbocycles. The van der Waals surface area contributed by atoms with Gasteiger partial charge in [0.05, 0.1) is 16.7 Å². The molecule has 0 aliphatic heterocycles. The highest BCUT2D eigenvalue weighted by atomic mass is 15.1. The van der Waals surface area contributed by atoms with Crippen molar-refractivity contribution in [3.63, 3.8) is 0 Å². The van der Waals surface area contributed by atoms with E-state index in [9.17, 15) is 0 Å². The van der Waals surface area contributed by atoms with Gasteiger partial charge in [0.2, 0.25) is 0 Å². The molecule has 0 fully saturated rings. The third-order valence-electron chi connectivity index (χ3n) is 10.4. The van der Waals surface area contributed by atoms with Crippen LogP contribution in [0.5, 0.6) is 0 Å². The molecule has 0 saturated carbocycles. The molecule has 11 rings (SSSR count). The molecule has 0 radical (unpaired) electrons. The minimum absolute atomic E-state index is 0.631. The Morgan fingerprint density at radius 3 is 1.84 bits per heavy atom. The van der Waals surface area contributed by atoms with Gasteiger partial charge >= 0.3 is 0 Å². The third-order valence-corrected chi connectivity index (χ3v) is 10.4. The van der Waals surface area contributed by atoms with Gasteiger partial charge in [0, 0.05) is 32.8 Å². The zero-order valence-corrected chi connectivity index (χ0v) is 27.5. The highest BCUT2D eigenvalue weighted by Crippen LogP contribution is 2.48. The summed E-state index contributed by atoms with van der Waals surface area (Å²) >= 11 is 0. The second-order valence-corrected chi connectivity index (χ2v) is 13.2. The van der Waals surface area contributed by atoms with Crippen LogP contribution in [0.3, 0.4) is 0 Å². The zero-order valence-electron chi connectivity index (χ0n) is 27.5. The normalized spacial score (nSPS) is 11.9. The van der Waals surface area contributed by atoms with Crippen molar-refractivity contribution < 1.29 is 0 Å². The molecule has 2 aromatic heterocycles. The van der Waals surface area contributed by atoms with Gasteiger partial charge in [-0.2, -0.15) is 0 Å². The first-order valence-electron chi connectivity index (χ1n) is 17.3. The summed E-state index contributed by atoms with van der Waals surface area (Å²) in [5.41, 5.74) is 11.2. The lowest BCUT2D eigenvalue weighted by Crippen LogP contribution is -2.03. The van der Waals surface area contributed by atoms with Crippen LogP contribution in [0, 0.1) is 0 Å². The van der Waals surface area contributed by atoms with Gasteiger partial charge in [0.15, 0.2) is 17.5 Å². The predicted octanol–water partition coefficient (Wildman–Crippen LogP) is 11.9. The molecular weight excluding hydrogens is 621 g/mol. The van der Waals surface area contributed by atoms with Gasteiger partial charge in [0.25, 0.3) is 0 Å². The second kappa shape index (κ2) is 10.8. The van der Waals surface area contributed by atoms with Crippen molar-refractivity contribution in [3.8, 4) is 62.1 Å². The quantitative estimate of drug-likeness (QED) is 0.191. The SMILES string of the molecule is c1ccc(-c2nc(-c3cc4c5c(cccc5c3)-c3ccccc3-4)nc(-c3ccccc3-n3c4ccccc4c4ccc5ccccc5c43)n2)cc1. The molecule has 0 spiro atoms. The fourth-order valence-corrected chi connectivity index (χ4v) is 8.13. The van der Waals surface area contributed by atoms with Crippen LogP contribution in [-0.4, -0.2) is 19.5 Å². The van der Waals surface area contributed by atoms with Crippen molar-refractivity contribution in [3.05, 3.63) is 170 Å². The van der Waals surface area contributed by atoms with E-state index in [-0.39, 0.29) is 0 Å². The average molecular weight is 649 g/mol. The lowest BCUT2D eigenvalue weighted by atomic mass is 9.99. The molecule has 0 saturated heterocycles. The first kappa shape index (κ1) is 28.0. The van der Waals surface area contributed by atoms with Gasteiger partial charge in [-0.15, -0.1) is 0 Å². The standard InChI is InChI=1S/C47H28N4/c1-2-14-30(15-3-1)45-48-46(32-27-31-16-12-22-37-34-18-6-7-19-35(34)40(28-32)43(31)37)50-47(49-45)39-21-9-11-24-42(39)51-41-23-10-8-20-36(41)38-26-25-29-13-4-5-17-33(29)44(38)51/h1-28H. The third kappa shape index (κ3) is 4.17. The summed E-state index contributed by atoms with van der Waals surface area (Å²) in [4.78, 5) is 15.7. The fraction of sp³-hybridized carbons (Fsp3) is 0. The maximum Gasteiger partial charge on any atom is 0.166 e. The first-order chi connectivity index (χ1) is 25.3. The van der Waals surface area contributed by atoms with E-state index in [2.05, 4.69) is 156 Å². The summed E-state index contributed by atoms with van der Waals surface area (Å²) < 4.78 is 2.39. The van der Waals surface area contributed by atoms with Gasteiger partial charge < -0.3 is 4.57 Å². The number of benzene rings is 8. The number of fused-ring (bicyclic) bond motifs is 8. The van der Waals surface area contributed by atoms with Gasteiger partial charge in [-0.1, -0.05) is 140 Å². The highest BCUT2D eigenvalue weighted by Gasteiger charge is 2.24. The zero-order chi connectivity index (χ0) is 33.5. The Balaban J connectivity index is 1.19. The Kier molecular flexibility index (Phi) is 5.92. The average Bonchev–Trinajstić information content (AvgIpc) is 3.72. The molecule has 51 heavy (non-hydrogen) atoms. The van der Waals surface area contributed by atoms with Crippen LogP contribution < -0.4 is 0 Å². The van der Waals surface area contributed by atoms with Gasteiger partial charge in [0.1, 0.15) is 0 Å². The molecule has 1 aliphatic rings. The Morgan fingerprint density at radius 2 is 0.980 bits per heavy atom. The van der Waals surface area contributed by atoms with E-state index in [0.29, 0.717) is 17.5 Å². The predicted molar refractivity (Wildman–Crippen MR) is 210 cm³/mol. The van der Waals surface area contributed by atoms with E-state index in [0.717, 1.165) is 27.9 Å². The molecule has 4 heteroatoms. The first-order valence-corrected chi connectivity index (χ1v) is 17.3. The molecule has 2 heterocycles. The van der Waals surface area contributed by atoms with Gasteiger partial charge in [-0.3, -0.25) is 0 Å². The lowest BCUT2D eigenvalue weighted by Gasteiger charge is -2.15. The Morgan fingerprint density at radius 1 is 0.353 bits per heavy atom. The number of rotatable bonds is 4. The minimum Gasteiger partial charge on any atom is -0.308 e. The van der Waals surface area contributed by atoms with Crippen molar-refractivity contribution in [2.45, 2.75) is 0 Å². The van der Waals surface area contributed by atoms with Crippen molar-refractivity contribution in [1.82, 2.24) is 19.5 Å². The molecule has 10 aromatic rings. The molecule has 0 N–H and O–H groups in total. The van der Waals surface area contributed by atoms with Crippen molar-refractivity contribution in [2.24, 2.45) is 0 Å². The minimum atomic E-state index is 0.631. The van der Waals surface area contributed by atoms with E-state index < -0.39 is 0 Å².